The minimum Gasteiger partial charge on any atom is -0.497 e. The van der Waals surface area contributed by atoms with Gasteiger partial charge in [0.2, 0.25) is 0 Å². The second-order valence-corrected chi connectivity index (χ2v) is 6.40. The van der Waals surface area contributed by atoms with Crippen LogP contribution in [0, 0.1) is 0 Å². The van der Waals surface area contributed by atoms with Crippen molar-refractivity contribution in [2.24, 2.45) is 5.10 Å². The minimum atomic E-state index is -0.326. The first-order valence-corrected chi connectivity index (χ1v) is 8.42. The molecule has 0 aliphatic carbocycles. The monoisotopic (exact) mass is 354 g/mol. The quantitative estimate of drug-likeness (QED) is 0.484. The summed E-state index contributed by atoms with van der Waals surface area (Å²) >= 11 is 1.33. The normalized spacial score (nSPS) is 11.4. The van der Waals surface area contributed by atoms with Crippen molar-refractivity contribution in [3.05, 3.63) is 59.2 Å². The predicted octanol–water partition coefficient (Wildman–Crippen LogP) is 3.49. The fraction of sp³-hybridized carbons (Fsp3) is 0.111. The van der Waals surface area contributed by atoms with Gasteiger partial charge in [-0.15, -0.1) is 11.3 Å². The molecular formula is C18H18N4O2S. The van der Waals surface area contributed by atoms with E-state index in [4.69, 9.17) is 10.5 Å². The molecular weight excluding hydrogens is 336 g/mol. The number of nitrogens with zero attached hydrogens (tertiary/aromatic N) is 1. The SMILES string of the molecule is COc1ccc(-c2cc(N)c(C(=O)N/N=C(\C)c3ccc[nH]3)s2)cc1. The molecule has 2 aromatic heterocycles. The lowest BCUT2D eigenvalue weighted by Crippen LogP contribution is -2.19. The van der Waals surface area contributed by atoms with Crippen LogP contribution < -0.4 is 15.9 Å². The zero-order valence-corrected chi connectivity index (χ0v) is 14.7. The first-order valence-electron chi connectivity index (χ1n) is 7.60. The summed E-state index contributed by atoms with van der Waals surface area (Å²) in [6.45, 7) is 1.81. The van der Waals surface area contributed by atoms with Crippen LogP contribution >= 0.6 is 11.3 Å². The number of nitrogens with one attached hydrogen (secondary N) is 2. The van der Waals surface area contributed by atoms with Crippen LogP contribution in [0.25, 0.3) is 10.4 Å². The summed E-state index contributed by atoms with van der Waals surface area (Å²) in [7, 11) is 1.62. The number of hydrogen-bond donors (Lipinski definition) is 3. The van der Waals surface area contributed by atoms with Crippen LogP contribution in [0.2, 0.25) is 0 Å². The first-order chi connectivity index (χ1) is 12.1. The van der Waals surface area contributed by atoms with Gasteiger partial charge in [-0.05, 0) is 55.0 Å². The van der Waals surface area contributed by atoms with Crippen LogP contribution in [0.4, 0.5) is 5.69 Å². The summed E-state index contributed by atoms with van der Waals surface area (Å²) in [6, 6.07) is 13.1. The topological polar surface area (TPSA) is 92.5 Å². The highest BCUT2D eigenvalue weighted by Crippen LogP contribution is 2.33. The Bertz CT molecular complexity index is 896. The Labute approximate surface area is 149 Å². The maximum atomic E-state index is 12.4. The fourth-order valence-electron chi connectivity index (χ4n) is 2.28. The number of carbonyl (C=O) groups excluding carboxylic acids is 1. The van der Waals surface area contributed by atoms with Gasteiger partial charge in [-0.25, -0.2) is 5.43 Å². The van der Waals surface area contributed by atoms with E-state index in [1.54, 1.807) is 19.4 Å². The van der Waals surface area contributed by atoms with Crippen molar-refractivity contribution >= 4 is 28.6 Å². The number of thiophene rings is 1. The third kappa shape index (κ3) is 3.72. The van der Waals surface area contributed by atoms with E-state index in [2.05, 4.69) is 15.5 Å². The molecule has 0 atom stereocenters. The highest BCUT2D eigenvalue weighted by Gasteiger charge is 2.15. The third-order valence-corrected chi connectivity index (χ3v) is 4.85. The number of amides is 1. The maximum absolute atomic E-state index is 12.4. The summed E-state index contributed by atoms with van der Waals surface area (Å²) in [5.41, 5.74) is 11.5. The highest BCUT2D eigenvalue weighted by molar-refractivity contribution is 7.18. The van der Waals surface area contributed by atoms with E-state index in [9.17, 15) is 4.79 Å². The lowest BCUT2D eigenvalue weighted by molar-refractivity contribution is 0.0959. The average molecular weight is 354 g/mol. The number of hydrazone groups is 1. The molecule has 0 aliphatic heterocycles. The molecule has 0 fully saturated rings. The number of nitrogen functional groups attached to an aromatic ring is 1. The first kappa shape index (κ1) is 16.8. The van der Waals surface area contributed by atoms with Gasteiger partial charge in [0.1, 0.15) is 10.6 Å². The van der Waals surface area contributed by atoms with Gasteiger partial charge in [-0.2, -0.15) is 5.10 Å². The molecule has 4 N–H and O–H groups in total. The average Bonchev–Trinajstić information content (AvgIpc) is 3.29. The van der Waals surface area contributed by atoms with Crippen molar-refractivity contribution < 1.29 is 9.53 Å². The number of carbonyl (C=O) groups is 1. The number of benzene rings is 1. The minimum absolute atomic E-state index is 0.326. The van der Waals surface area contributed by atoms with Gasteiger partial charge in [-0.1, -0.05) is 0 Å². The Kier molecular flexibility index (Phi) is 4.85. The maximum Gasteiger partial charge on any atom is 0.283 e. The van der Waals surface area contributed by atoms with Crippen molar-refractivity contribution in [3.8, 4) is 16.2 Å². The van der Waals surface area contributed by atoms with Gasteiger partial charge in [-0.3, -0.25) is 4.79 Å². The Morgan fingerprint density at radius 2 is 2.04 bits per heavy atom. The van der Waals surface area contributed by atoms with E-state index in [0.29, 0.717) is 16.3 Å². The van der Waals surface area contributed by atoms with Crippen molar-refractivity contribution in [1.29, 1.82) is 0 Å². The molecule has 0 aliphatic rings. The molecule has 3 rings (SSSR count). The number of hydrogen-bond acceptors (Lipinski definition) is 5. The molecule has 0 radical (unpaired) electrons. The van der Waals surface area contributed by atoms with E-state index < -0.39 is 0 Å². The van der Waals surface area contributed by atoms with E-state index in [-0.39, 0.29) is 5.91 Å². The molecule has 6 nitrogen and oxygen atoms in total. The number of aromatic amines is 1. The molecule has 0 saturated carbocycles. The number of nitrogens with two attached hydrogens (primary N) is 1. The van der Waals surface area contributed by atoms with Gasteiger partial charge < -0.3 is 15.5 Å². The lowest BCUT2D eigenvalue weighted by Gasteiger charge is -2.01. The molecule has 2 heterocycles. The molecule has 3 aromatic rings. The Morgan fingerprint density at radius 1 is 1.28 bits per heavy atom. The summed E-state index contributed by atoms with van der Waals surface area (Å²) in [4.78, 5) is 16.8. The van der Waals surface area contributed by atoms with Crippen LogP contribution in [0.5, 0.6) is 5.75 Å². The number of aromatic nitrogens is 1. The Hall–Kier alpha value is -3.06. The highest BCUT2D eigenvalue weighted by atomic mass is 32.1. The zero-order chi connectivity index (χ0) is 17.8. The molecule has 25 heavy (non-hydrogen) atoms. The number of ether oxygens (including phenoxy) is 1. The Morgan fingerprint density at radius 3 is 2.68 bits per heavy atom. The molecule has 0 spiro atoms. The molecule has 1 amide bonds. The molecule has 0 saturated heterocycles. The predicted molar refractivity (Wildman–Crippen MR) is 101 cm³/mol. The van der Waals surface area contributed by atoms with Gasteiger partial charge in [0.15, 0.2) is 0 Å². The number of rotatable bonds is 5. The van der Waals surface area contributed by atoms with Gasteiger partial charge in [0, 0.05) is 11.1 Å². The Balaban J connectivity index is 1.77. The standard InChI is InChI=1S/C18H18N4O2S/c1-11(15-4-3-9-20-15)21-22-18(23)17-14(19)10-16(25-17)12-5-7-13(24-2)8-6-12/h3-10,20H,19H2,1-2H3,(H,22,23)/b21-11+. The molecule has 0 unspecified atom stereocenters. The van der Waals surface area contributed by atoms with Gasteiger partial charge >= 0.3 is 0 Å². The smallest absolute Gasteiger partial charge is 0.283 e. The summed E-state index contributed by atoms with van der Waals surface area (Å²) < 4.78 is 5.15. The molecule has 0 bridgehead atoms. The van der Waals surface area contributed by atoms with Crippen molar-refractivity contribution in [3.63, 3.8) is 0 Å². The largest absolute Gasteiger partial charge is 0.497 e. The molecule has 7 heteroatoms. The van der Waals surface area contributed by atoms with E-state index >= 15 is 0 Å². The van der Waals surface area contributed by atoms with Crippen LogP contribution in [-0.2, 0) is 0 Å². The summed E-state index contributed by atoms with van der Waals surface area (Å²) in [6.07, 6.45) is 1.80. The van der Waals surface area contributed by atoms with Crippen molar-refractivity contribution in [2.75, 3.05) is 12.8 Å². The molecule has 1 aromatic carbocycles. The van der Waals surface area contributed by atoms with Crippen LogP contribution in [0.15, 0.2) is 53.8 Å². The zero-order valence-electron chi connectivity index (χ0n) is 13.9. The second kappa shape index (κ2) is 7.23. The van der Waals surface area contributed by atoms with Crippen LogP contribution in [-0.4, -0.2) is 23.7 Å². The van der Waals surface area contributed by atoms with Crippen LogP contribution in [0.1, 0.15) is 22.3 Å². The van der Waals surface area contributed by atoms with Crippen molar-refractivity contribution in [2.45, 2.75) is 6.92 Å². The van der Waals surface area contributed by atoms with E-state index in [0.717, 1.165) is 21.9 Å². The van der Waals surface area contributed by atoms with E-state index in [1.165, 1.54) is 11.3 Å². The van der Waals surface area contributed by atoms with Gasteiger partial charge in [0.05, 0.1) is 24.2 Å². The van der Waals surface area contributed by atoms with Crippen molar-refractivity contribution in [1.82, 2.24) is 10.4 Å². The van der Waals surface area contributed by atoms with Gasteiger partial charge in [0.25, 0.3) is 5.91 Å². The van der Waals surface area contributed by atoms with E-state index in [1.807, 2.05) is 43.3 Å². The summed E-state index contributed by atoms with van der Waals surface area (Å²) in [5, 5.41) is 4.11. The summed E-state index contributed by atoms with van der Waals surface area (Å²) in [5.74, 6) is 0.452. The van der Waals surface area contributed by atoms with Crippen LogP contribution in [0.3, 0.4) is 0 Å². The molecule has 128 valence electrons. The number of anilines is 1. The number of H-pyrrole nitrogens is 1. The third-order valence-electron chi connectivity index (χ3n) is 3.65. The lowest BCUT2D eigenvalue weighted by atomic mass is 10.2. The second-order valence-electron chi connectivity index (χ2n) is 5.35. The fourth-order valence-corrected chi connectivity index (χ4v) is 3.26. The number of methoxy groups -OCH3 is 1.